The summed E-state index contributed by atoms with van der Waals surface area (Å²) >= 11 is 12.0. The third kappa shape index (κ3) is 4.00. The van der Waals surface area contributed by atoms with E-state index in [4.69, 9.17) is 32.4 Å². The lowest BCUT2D eigenvalue weighted by molar-refractivity contribution is 0.0421. The van der Waals surface area contributed by atoms with Gasteiger partial charge >= 0.3 is 5.97 Å². The summed E-state index contributed by atoms with van der Waals surface area (Å²) < 4.78 is 12.3. The van der Waals surface area contributed by atoms with Crippen LogP contribution in [0, 0.1) is 0 Å². The van der Waals surface area contributed by atoms with Crippen LogP contribution in [0.1, 0.15) is 29.7 Å². The van der Waals surface area contributed by atoms with Crippen LogP contribution in [0.4, 0.5) is 0 Å². The molecule has 0 saturated heterocycles. The van der Waals surface area contributed by atoms with Crippen LogP contribution in [0.25, 0.3) is 11.3 Å². The number of halogens is 2. The molecule has 3 rings (SSSR count). The number of carbonyl (C=O) groups excluding carboxylic acids is 1. The number of furan rings is 1. The quantitative estimate of drug-likeness (QED) is 0.600. The van der Waals surface area contributed by atoms with Crippen LogP contribution in [0.5, 0.6) is 0 Å². The molecule has 0 N–H and O–H groups in total. The molecule has 25 heavy (non-hydrogen) atoms. The lowest BCUT2D eigenvalue weighted by atomic mass is 10.2. The van der Waals surface area contributed by atoms with E-state index in [0.29, 0.717) is 33.7 Å². The van der Waals surface area contributed by atoms with Crippen molar-refractivity contribution in [2.45, 2.75) is 26.5 Å². The molecule has 9 heteroatoms. The summed E-state index contributed by atoms with van der Waals surface area (Å²) in [6, 6.07) is 8.19. The Morgan fingerprint density at radius 2 is 2.12 bits per heavy atom. The molecule has 1 aromatic carbocycles. The van der Waals surface area contributed by atoms with Crippen molar-refractivity contribution in [1.82, 2.24) is 20.2 Å². The van der Waals surface area contributed by atoms with Crippen molar-refractivity contribution in [3.63, 3.8) is 0 Å². The molecule has 2 aromatic heterocycles. The fourth-order valence-corrected chi connectivity index (χ4v) is 2.70. The second-order valence-corrected chi connectivity index (χ2v) is 6.03. The van der Waals surface area contributed by atoms with Gasteiger partial charge in [0.25, 0.3) is 0 Å². The molecule has 0 spiro atoms. The van der Waals surface area contributed by atoms with E-state index in [2.05, 4.69) is 15.5 Å². The highest BCUT2D eigenvalue weighted by molar-refractivity contribution is 6.36. The number of rotatable bonds is 6. The number of tetrazole rings is 1. The number of hydrogen-bond donors (Lipinski definition) is 0. The maximum absolute atomic E-state index is 12.1. The second kappa shape index (κ2) is 7.67. The largest absolute Gasteiger partial charge is 0.452 e. The van der Waals surface area contributed by atoms with Gasteiger partial charge in [0.15, 0.2) is 12.4 Å². The first-order valence-electron chi connectivity index (χ1n) is 7.56. The molecular weight excluding hydrogens is 367 g/mol. The lowest BCUT2D eigenvalue weighted by Gasteiger charge is -2.04. The van der Waals surface area contributed by atoms with Crippen molar-refractivity contribution in [2.24, 2.45) is 0 Å². The molecule has 7 nitrogen and oxygen atoms in total. The van der Waals surface area contributed by atoms with E-state index in [0.717, 1.165) is 6.42 Å². The van der Waals surface area contributed by atoms with E-state index in [9.17, 15) is 4.79 Å². The molecule has 2 heterocycles. The molecule has 0 aliphatic carbocycles. The Bertz CT molecular complexity index is 891. The molecule has 0 bridgehead atoms. The molecular formula is C16H14Cl2N4O3. The van der Waals surface area contributed by atoms with Crippen molar-refractivity contribution in [2.75, 3.05) is 0 Å². The zero-order valence-electron chi connectivity index (χ0n) is 13.3. The number of nitrogens with zero attached hydrogens (tertiary/aromatic N) is 4. The molecule has 0 fully saturated rings. The van der Waals surface area contributed by atoms with Crippen LogP contribution in [-0.2, 0) is 17.9 Å². The van der Waals surface area contributed by atoms with Gasteiger partial charge in [-0.25, -0.2) is 9.48 Å². The molecule has 0 atom stereocenters. The number of aromatic nitrogens is 4. The van der Waals surface area contributed by atoms with Crippen molar-refractivity contribution in [1.29, 1.82) is 0 Å². The van der Waals surface area contributed by atoms with Crippen LogP contribution in [-0.4, -0.2) is 26.2 Å². The predicted octanol–water partition coefficient (Wildman–Crippen LogP) is 4.01. The molecule has 0 radical (unpaired) electrons. The van der Waals surface area contributed by atoms with Gasteiger partial charge in [0.1, 0.15) is 5.76 Å². The molecule has 0 saturated carbocycles. The third-order valence-electron chi connectivity index (χ3n) is 3.38. The van der Waals surface area contributed by atoms with E-state index < -0.39 is 5.97 Å². The van der Waals surface area contributed by atoms with Crippen molar-refractivity contribution in [3.05, 3.63) is 52.0 Å². The average Bonchev–Trinajstić information content (AvgIpc) is 3.22. The highest BCUT2D eigenvalue weighted by Gasteiger charge is 2.17. The summed E-state index contributed by atoms with van der Waals surface area (Å²) in [5.74, 6) is 0.380. The van der Waals surface area contributed by atoms with E-state index in [1.165, 1.54) is 6.07 Å². The molecule has 0 aliphatic rings. The van der Waals surface area contributed by atoms with Gasteiger partial charge in [0, 0.05) is 17.1 Å². The van der Waals surface area contributed by atoms with Gasteiger partial charge in [-0.1, -0.05) is 30.1 Å². The number of hydrogen-bond acceptors (Lipinski definition) is 6. The average molecular weight is 381 g/mol. The fourth-order valence-electron chi connectivity index (χ4n) is 2.19. The Hall–Kier alpha value is -2.38. The smallest absolute Gasteiger partial charge is 0.374 e. The SMILES string of the molecule is CCCn1nnnc1COC(=O)c1ccc(-c2ccc(Cl)cc2Cl)o1. The highest BCUT2D eigenvalue weighted by atomic mass is 35.5. The van der Waals surface area contributed by atoms with Gasteiger partial charge in [-0.2, -0.15) is 0 Å². The van der Waals surface area contributed by atoms with Gasteiger partial charge in [-0.3, -0.25) is 0 Å². The first-order chi connectivity index (χ1) is 12.1. The minimum atomic E-state index is -0.609. The Labute approximate surface area is 153 Å². The van der Waals surface area contributed by atoms with Crippen LogP contribution in [0.15, 0.2) is 34.7 Å². The van der Waals surface area contributed by atoms with Crippen LogP contribution in [0.3, 0.4) is 0 Å². The standard InChI is InChI=1S/C16H14Cl2N4O3/c1-2-7-22-15(19-20-21-22)9-24-16(23)14-6-5-13(25-14)11-4-3-10(17)8-12(11)18/h3-6,8H,2,7,9H2,1H3. The second-order valence-electron chi connectivity index (χ2n) is 5.18. The van der Waals surface area contributed by atoms with Crippen molar-refractivity contribution < 1.29 is 13.9 Å². The summed E-state index contributed by atoms with van der Waals surface area (Å²) in [4.78, 5) is 12.1. The first-order valence-corrected chi connectivity index (χ1v) is 8.31. The van der Waals surface area contributed by atoms with E-state index in [1.54, 1.807) is 28.9 Å². The molecule has 0 amide bonds. The molecule has 130 valence electrons. The zero-order valence-corrected chi connectivity index (χ0v) is 14.8. The third-order valence-corrected chi connectivity index (χ3v) is 3.93. The first kappa shape index (κ1) is 17.4. The summed E-state index contributed by atoms with van der Waals surface area (Å²) in [5.41, 5.74) is 0.636. The summed E-state index contributed by atoms with van der Waals surface area (Å²) in [6.45, 7) is 2.62. The monoisotopic (exact) mass is 380 g/mol. The van der Waals surface area contributed by atoms with Gasteiger partial charge in [0.2, 0.25) is 5.76 Å². The van der Waals surface area contributed by atoms with Crippen molar-refractivity contribution in [3.8, 4) is 11.3 Å². The van der Waals surface area contributed by atoms with Gasteiger partial charge in [-0.05, 0) is 47.2 Å². The minimum Gasteiger partial charge on any atom is -0.452 e. The maximum atomic E-state index is 12.1. The van der Waals surface area contributed by atoms with Crippen LogP contribution in [0.2, 0.25) is 10.0 Å². The van der Waals surface area contributed by atoms with Gasteiger partial charge in [-0.15, -0.1) is 5.10 Å². The summed E-state index contributed by atoms with van der Waals surface area (Å²) in [5, 5.41) is 12.2. The number of benzene rings is 1. The Balaban J connectivity index is 1.69. The van der Waals surface area contributed by atoms with E-state index >= 15 is 0 Å². The minimum absolute atomic E-state index is 0.0381. The maximum Gasteiger partial charge on any atom is 0.374 e. The number of aryl methyl sites for hydroxylation is 1. The van der Waals surface area contributed by atoms with Crippen molar-refractivity contribution >= 4 is 29.2 Å². The molecule has 0 aliphatic heterocycles. The van der Waals surface area contributed by atoms with E-state index in [1.807, 2.05) is 6.92 Å². The molecule has 0 unspecified atom stereocenters. The lowest BCUT2D eigenvalue weighted by Crippen LogP contribution is -2.10. The van der Waals surface area contributed by atoms with Crippen LogP contribution >= 0.6 is 23.2 Å². The molecule has 3 aromatic rings. The highest BCUT2D eigenvalue weighted by Crippen LogP contribution is 2.31. The Morgan fingerprint density at radius 3 is 2.88 bits per heavy atom. The topological polar surface area (TPSA) is 83.0 Å². The number of carbonyl (C=O) groups is 1. The predicted molar refractivity (Wildman–Crippen MR) is 91.4 cm³/mol. The summed E-state index contributed by atoms with van der Waals surface area (Å²) in [7, 11) is 0. The van der Waals surface area contributed by atoms with E-state index in [-0.39, 0.29) is 12.4 Å². The van der Waals surface area contributed by atoms with Gasteiger partial charge < -0.3 is 9.15 Å². The fraction of sp³-hybridized carbons (Fsp3) is 0.250. The Morgan fingerprint density at radius 1 is 1.28 bits per heavy atom. The normalized spacial score (nSPS) is 10.8. The van der Waals surface area contributed by atoms with Crippen LogP contribution < -0.4 is 0 Å². The summed E-state index contributed by atoms with van der Waals surface area (Å²) in [6.07, 6.45) is 0.870. The number of ether oxygens (including phenoxy) is 1. The van der Waals surface area contributed by atoms with Gasteiger partial charge in [0.05, 0.1) is 5.02 Å². The number of esters is 1. The Kier molecular flexibility index (Phi) is 5.35. The zero-order chi connectivity index (χ0) is 17.8.